The molecule has 0 fully saturated rings. The van der Waals surface area contributed by atoms with E-state index in [4.69, 9.17) is 19.5 Å². The lowest BCUT2D eigenvalue weighted by atomic mass is 10.0. The van der Waals surface area contributed by atoms with Crippen LogP contribution in [0.1, 0.15) is 38.2 Å². The van der Waals surface area contributed by atoms with Gasteiger partial charge in [-0.3, -0.25) is 0 Å². The quantitative estimate of drug-likeness (QED) is 0.170. The van der Waals surface area contributed by atoms with Crippen molar-refractivity contribution in [2.75, 3.05) is 55.0 Å². The summed E-state index contributed by atoms with van der Waals surface area (Å²) in [5, 5.41) is 1.18. The first-order chi connectivity index (χ1) is 19.8. The normalized spacial score (nSPS) is 14.7. The first kappa shape index (κ1) is 30.6. The average molecular weight is 559 g/mol. The third-order valence-electron chi connectivity index (χ3n) is 7.73. The fourth-order valence-electron chi connectivity index (χ4n) is 5.34. The molecular weight excluding hydrogens is 512 g/mol. The molecule has 220 valence electrons. The van der Waals surface area contributed by atoms with Gasteiger partial charge in [0.15, 0.2) is 5.75 Å². The third-order valence-corrected chi connectivity index (χ3v) is 7.73. The SMILES string of the molecule is C=CCCC(OC)C(/C=C(/C)CCN(C)CCN(C)C)=Nc1ncc(OC)c(-c2cn3c4c(cccc24)CCC3)n1. The number of hydrogen-bond acceptors (Lipinski definition) is 7. The molecule has 8 nitrogen and oxygen atoms in total. The number of hydrogen-bond donors (Lipinski definition) is 0. The van der Waals surface area contributed by atoms with E-state index in [9.17, 15) is 0 Å². The molecule has 0 bridgehead atoms. The number of methoxy groups -OCH3 is 2. The topological polar surface area (TPSA) is 68.0 Å². The average Bonchev–Trinajstić information content (AvgIpc) is 3.35. The van der Waals surface area contributed by atoms with Crippen LogP contribution in [0.3, 0.4) is 0 Å². The number of aliphatic imine (C=N–C) groups is 1. The maximum Gasteiger partial charge on any atom is 0.250 e. The molecule has 1 unspecified atom stereocenters. The largest absolute Gasteiger partial charge is 0.493 e. The van der Waals surface area contributed by atoms with Crippen LogP contribution in [0.15, 0.2) is 59.9 Å². The van der Waals surface area contributed by atoms with E-state index >= 15 is 0 Å². The van der Waals surface area contributed by atoms with Gasteiger partial charge in [0.2, 0.25) is 5.95 Å². The summed E-state index contributed by atoms with van der Waals surface area (Å²) >= 11 is 0. The second-order valence-corrected chi connectivity index (χ2v) is 11.2. The minimum absolute atomic E-state index is 0.192. The van der Waals surface area contributed by atoms with Gasteiger partial charge in [-0.05, 0) is 71.8 Å². The molecule has 1 atom stereocenters. The molecule has 8 heteroatoms. The number of likely N-dealkylation sites (N-methyl/N-ethyl adjacent to an activating group) is 2. The highest BCUT2D eigenvalue weighted by Gasteiger charge is 2.21. The summed E-state index contributed by atoms with van der Waals surface area (Å²) in [6.07, 6.45) is 12.6. The van der Waals surface area contributed by atoms with Gasteiger partial charge in [0, 0.05) is 50.4 Å². The molecule has 0 spiro atoms. The van der Waals surface area contributed by atoms with E-state index in [2.05, 4.69) is 84.5 Å². The number of para-hydroxylation sites is 1. The van der Waals surface area contributed by atoms with E-state index < -0.39 is 0 Å². The lowest BCUT2D eigenvalue weighted by Gasteiger charge is -2.20. The predicted molar refractivity (Wildman–Crippen MR) is 170 cm³/mol. The summed E-state index contributed by atoms with van der Waals surface area (Å²) in [4.78, 5) is 19.1. The van der Waals surface area contributed by atoms with Crippen LogP contribution in [0, 0.1) is 0 Å². The van der Waals surface area contributed by atoms with Gasteiger partial charge in [-0.25, -0.2) is 15.0 Å². The van der Waals surface area contributed by atoms with Gasteiger partial charge in [0.05, 0.1) is 30.6 Å². The Morgan fingerprint density at radius 2 is 2.02 bits per heavy atom. The van der Waals surface area contributed by atoms with E-state index in [1.807, 2.05) is 6.08 Å². The number of benzene rings is 1. The van der Waals surface area contributed by atoms with E-state index in [1.54, 1.807) is 20.4 Å². The zero-order valence-electron chi connectivity index (χ0n) is 25.7. The molecular formula is C33H46N6O2. The minimum Gasteiger partial charge on any atom is -0.493 e. The van der Waals surface area contributed by atoms with E-state index in [1.165, 1.54) is 22.0 Å². The molecule has 0 aliphatic carbocycles. The van der Waals surface area contributed by atoms with Gasteiger partial charge in [-0.2, -0.15) is 0 Å². The molecule has 3 heterocycles. The third kappa shape index (κ3) is 7.70. The van der Waals surface area contributed by atoms with E-state index in [0.29, 0.717) is 11.7 Å². The van der Waals surface area contributed by atoms with Crippen LogP contribution in [-0.2, 0) is 17.7 Å². The smallest absolute Gasteiger partial charge is 0.250 e. The molecule has 0 amide bonds. The van der Waals surface area contributed by atoms with Crippen LogP contribution in [0.25, 0.3) is 22.2 Å². The summed E-state index contributed by atoms with van der Waals surface area (Å²) < 4.78 is 14.0. The van der Waals surface area contributed by atoms with Crippen molar-refractivity contribution >= 4 is 22.6 Å². The van der Waals surface area contributed by atoms with Crippen LogP contribution < -0.4 is 4.74 Å². The van der Waals surface area contributed by atoms with Gasteiger partial charge >= 0.3 is 0 Å². The van der Waals surface area contributed by atoms with Gasteiger partial charge < -0.3 is 23.8 Å². The highest BCUT2D eigenvalue weighted by atomic mass is 16.5. The lowest BCUT2D eigenvalue weighted by Crippen LogP contribution is -2.29. The highest BCUT2D eigenvalue weighted by molar-refractivity contribution is 6.01. The highest BCUT2D eigenvalue weighted by Crippen LogP contribution is 2.38. The molecule has 41 heavy (non-hydrogen) atoms. The van der Waals surface area contributed by atoms with Crippen molar-refractivity contribution in [1.29, 1.82) is 0 Å². The number of ether oxygens (including phenoxy) is 2. The fraction of sp³-hybridized carbons (Fsp3) is 0.485. The zero-order chi connectivity index (χ0) is 29.4. The molecule has 1 aromatic carbocycles. The molecule has 3 aromatic rings. The van der Waals surface area contributed by atoms with Crippen LogP contribution >= 0.6 is 0 Å². The van der Waals surface area contributed by atoms with Crippen molar-refractivity contribution < 1.29 is 9.47 Å². The Bertz CT molecular complexity index is 1390. The maximum atomic E-state index is 5.91. The van der Waals surface area contributed by atoms with Gasteiger partial charge in [-0.1, -0.05) is 29.8 Å². The number of allylic oxidation sites excluding steroid dienone is 1. The van der Waals surface area contributed by atoms with Crippen LogP contribution in [-0.4, -0.2) is 91.1 Å². The number of aryl methyl sites for hydroxylation is 2. The predicted octanol–water partition coefficient (Wildman–Crippen LogP) is 5.94. The Hall–Kier alpha value is -3.33. The summed E-state index contributed by atoms with van der Waals surface area (Å²) in [6.45, 7) is 10.1. The van der Waals surface area contributed by atoms with Crippen molar-refractivity contribution in [2.45, 2.75) is 51.7 Å². The monoisotopic (exact) mass is 558 g/mol. The van der Waals surface area contributed by atoms with Crippen molar-refractivity contribution in [3.63, 3.8) is 0 Å². The van der Waals surface area contributed by atoms with Crippen molar-refractivity contribution in [1.82, 2.24) is 24.3 Å². The molecule has 0 N–H and O–H groups in total. The minimum atomic E-state index is -0.192. The van der Waals surface area contributed by atoms with Crippen molar-refractivity contribution in [3.05, 3.63) is 60.5 Å². The Kier molecular flexibility index (Phi) is 10.9. The Morgan fingerprint density at radius 3 is 2.76 bits per heavy atom. The summed E-state index contributed by atoms with van der Waals surface area (Å²) in [7, 11) is 9.77. The molecule has 4 rings (SSSR count). The van der Waals surface area contributed by atoms with E-state index in [0.717, 1.165) is 75.3 Å². The molecule has 1 aliphatic heterocycles. The fourth-order valence-corrected chi connectivity index (χ4v) is 5.34. The molecule has 0 saturated heterocycles. The zero-order valence-corrected chi connectivity index (χ0v) is 25.7. The second kappa shape index (κ2) is 14.5. The van der Waals surface area contributed by atoms with Gasteiger partial charge in [0.25, 0.3) is 0 Å². The van der Waals surface area contributed by atoms with Crippen molar-refractivity contribution in [3.8, 4) is 17.0 Å². The van der Waals surface area contributed by atoms with E-state index in [-0.39, 0.29) is 6.10 Å². The standard InChI is InChI=1S/C33H46N6O2/c1-8-9-15-29(40-6)28(21-24(2)16-18-38(5)20-19-37(3)4)35-33-34-22-30(41-7)31(36-33)27-23-39-17-11-13-25-12-10-14-26(27)32(25)39/h8,10,12,14,21-23,29H,1,9,11,13,15-20H2,2-7H3/b24-21-,35-28?. The number of rotatable bonds is 15. The van der Waals surface area contributed by atoms with Crippen LogP contribution in [0.2, 0.25) is 0 Å². The van der Waals surface area contributed by atoms with Gasteiger partial charge in [-0.15, -0.1) is 6.58 Å². The first-order valence-corrected chi connectivity index (χ1v) is 14.6. The molecule has 2 aromatic heterocycles. The Balaban J connectivity index is 1.70. The van der Waals surface area contributed by atoms with Crippen LogP contribution in [0.5, 0.6) is 5.75 Å². The molecule has 1 aliphatic rings. The summed E-state index contributed by atoms with van der Waals surface area (Å²) in [5.41, 5.74) is 6.53. The number of nitrogens with zero attached hydrogens (tertiary/aromatic N) is 6. The second-order valence-electron chi connectivity index (χ2n) is 11.2. The molecule has 0 saturated carbocycles. The molecule has 0 radical (unpaired) electrons. The lowest BCUT2D eigenvalue weighted by molar-refractivity contribution is 0.150. The van der Waals surface area contributed by atoms with Crippen molar-refractivity contribution in [2.24, 2.45) is 4.99 Å². The maximum absolute atomic E-state index is 5.91. The van der Waals surface area contributed by atoms with Crippen LogP contribution in [0.4, 0.5) is 5.95 Å². The first-order valence-electron chi connectivity index (χ1n) is 14.6. The Labute approximate surface area is 245 Å². The summed E-state index contributed by atoms with van der Waals surface area (Å²) in [6, 6.07) is 6.53. The summed E-state index contributed by atoms with van der Waals surface area (Å²) in [5.74, 6) is 1.03. The Morgan fingerprint density at radius 1 is 1.20 bits per heavy atom. The van der Waals surface area contributed by atoms with Gasteiger partial charge in [0.1, 0.15) is 5.69 Å². The number of aromatic nitrogens is 3.